The minimum Gasteiger partial charge on any atom is -0.444 e. The number of hydrogen-bond donors (Lipinski definition) is 2. The van der Waals surface area contributed by atoms with Gasteiger partial charge in [-0.15, -0.1) is 0 Å². The maximum absolute atomic E-state index is 15.7. The van der Waals surface area contributed by atoms with E-state index >= 15 is 8.78 Å². The molecule has 0 aromatic heterocycles. The largest absolute Gasteiger partial charge is 0.444 e. The third-order valence-corrected chi connectivity index (χ3v) is 5.51. The Labute approximate surface area is 214 Å². The van der Waals surface area contributed by atoms with Crippen molar-refractivity contribution >= 4 is 46.6 Å². The highest BCUT2D eigenvalue weighted by Gasteiger charge is 2.42. The number of rotatable bonds is 4. The van der Waals surface area contributed by atoms with Gasteiger partial charge in [0.05, 0.1) is 16.9 Å². The van der Waals surface area contributed by atoms with Gasteiger partial charge in [-0.3, -0.25) is 25.1 Å². The summed E-state index contributed by atoms with van der Waals surface area (Å²) in [4.78, 5) is 40.7. The van der Waals surface area contributed by atoms with Gasteiger partial charge in [0.15, 0.2) is 11.6 Å². The van der Waals surface area contributed by atoms with Gasteiger partial charge in [-0.05, 0) is 39.8 Å². The minimum absolute atomic E-state index is 0.0339. The van der Waals surface area contributed by atoms with Crippen molar-refractivity contribution in [3.05, 3.63) is 62.4 Å². The molecule has 2 aromatic carbocycles. The Hall–Kier alpha value is -3.87. The Morgan fingerprint density at radius 2 is 1.89 bits per heavy atom. The number of hydrogen-bond acceptors (Lipinski definition) is 7. The number of nitro groups is 1. The summed E-state index contributed by atoms with van der Waals surface area (Å²) >= 11 is 5.88. The molecule has 0 aliphatic carbocycles. The molecule has 1 heterocycles. The molecule has 0 saturated carbocycles. The van der Waals surface area contributed by atoms with Crippen molar-refractivity contribution in [3.8, 4) is 0 Å². The van der Waals surface area contributed by atoms with Gasteiger partial charge in [-0.2, -0.15) is 0 Å². The lowest BCUT2D eigenvalue weighted by molar-refractivity contribution is -0.383. The summed E-state index contributed by atoms with van der Waals surface area (Å²) in [6.45, 7) is 6.04. The van der Waals surface area contributed by atoms with Crippen LogP contribution in [0.25, 0.3) is 0 Å². The van der Waals surface area contributed by atoms with E-state index in [0.29, 0.717) is 6.07 Å². The second-order valence-corrected chi connectivity index (χ2v) is 9.85. The molecule has 0 fully saturated rings. The molecule has 1 aliphatic rings. The Morgan fingerprint density at radius 1 is 1.24 bits per heavy atom. The van der Waals surface area contributed by atoms with E-state index in [1.165, 1.54) is 20.0 Å². The topological polar surface area (TPSA) is 126 Å². The molecule has 0 saturated heterocycles. The van der Waals surface area contributed by atoms with E-state index in [0.717, 1.165) is 17.0 Å². The SMILES string of the molecule is CN1C(=O)C[C@@](C)(c2c(F)cc(F)c(Nc3cc(Cl)ccc3[N+](=O)[O-])c2F)N=C1NC(=O)OC(C)(C)C. The van der Waals surface area contributed by atoms with Crippen LogP contribution < -0.4 is 10.6 Å². The van der Waals surface area contributed by atoms with E-state index in [-0.39, 0.29) is 16.7 Å². The van der Waals surface area contributed by atoms with Crippen molar-refractivity contribution in [1.82, 2.24) is 10.2 Å². The van der Waals surface area contributed by atoms with Gasteiger partial charge in [-0.25, -0.2) is 23.0 Å². The van der Waals surface area contributed by atoms with Gasteiger partial charge in [0.25, 0.3) is 5.69 Å². The molecule has 1 aliphatic heterocycles. The number of alkyl carbamates (subject to hydrolysis) is 1. The van der Waals surface area contributed by atoms with Gasteiger partial charge >= 0.3 is 6.09 Å². The summed E-state index contributed by atoms with van der Waals surface area (Å²) in [6.07, 6.45) is -1.51. The lowest BCUT2D eigenvalue weighted by Gasteiger charge is -2.35. The fourth-order valence-corrected chi connectivity index (χ4v) is 3.80. The molecule has 3 rings (SSSR count). The number of guanidine groups is 1. The zero-order valence-electron chi connectivity index (χ0n) is 20.4. The lowest BCUT2D eigenvalue weighted by Crippen LogP contribution is -2.52. The molecule has 2 N–H and O–H groups in total. The van der Waals surface area contributed by atoms with Crippen LogP contribution in [0.4, 0.5) is 35.0 Å². The maximum atomic E-state index is 15.7. The van der Waals surface area contributed by atoms with Gasteiger partial charge in [0, 0.05) is 24.2 Å². The summed E-state index contributed by atoms with van der Waals surface area (Å²) in [6, 6.07) is 3.68. The minimum atomic E-state index is -1.94. The first-order valence-electron chi connectivity index (χ1n) is 10.8. The average Bonchev–Trinajstić information content (AvgIpc) is 2.72. The third-order valence-electron chi connectivity index (χ3n) is 5.28. The molecule has 0 spiro atoms. The van der Waals surface area contributed by atoms with E-state index < -0.39 is 68.9 Å². The van der Waals surface area contributed by atoms with Crippen LogP contribution in [0.2, 0.25) is 5.02 Å². The number of nitro benzene ring substituents is 1. The highest BCUT2D eigenvalue weighted by Crippen LogP contribution is 2.41. The Morgan fingerprint density at radius 3 is 2.49 bits per heavy atom. The number of ether oxygens (including phenoxy) is 1. The van der Waals surface area contributed by atoms with Crippen LogP contribution in [0.1, 0.15) is 39.7 Å². The summed E-state index contributed by atoms with van der Waals surface area (Å²) in [5.41, 5.74) is -5.45. The Bertz CT molecular complexity index is 1330. The van der Waals surface area contributed by atoms with Crippen LogP contribution >= 0.6 is 11.6 Å². The molecule has 2 amide bonds. The van der Waals surface area contributed by atoms with Crippen LogP contribution in [0.15, 0.2) is 29.3 Å². The third kappa shape index (κ3) is 5.93. The highest BCUT2D eigenvalue weighted by molar-refractivity contribution is 6.31. The predicted molar refractivity (Wildman–Crippen MR) is 129 cm³/mol. The van der Waals surface area contributed by atoms with Crippen LogP contribution in [0, 0.1) is 27.6 Å². The molecule has 0 bridgehead atoms. The molecule has 0 radical (unpaired) electrons. The highest BCUT2D eigenvalue weighted by atomic mass is 35.5. The number of anilines is 2. The van der Waals surface area contributed by atoms with E-state index in [1.807, 2.05) is 0 Å². The van der Waals surface area contributed by atoms with Crippen LogP contribution in [-0.4, -0.2) is 40.4 Å². The van der Waals surface area contributed by atoms with Crippen molar-refractivity contribution in [2.24, 2.45) is 4.99 Å². The van der Waals surface area contributed by atoms with Gasteiger partial charge in [-0.1, -0.05) is 11.6 Å². The van der Waals surface area contributed by atoms with Gasteiger partial charge in [0.2, 0.25) is 11.9 Å². The van der Waals surface area contributed by atoms with Crippen molar-refractivity contribution in [2.45, 2.75) is 45.3 Å². The van der Waals surface area contributed by atoms with E-state index in [1.54, 1.807) is 20.8 Å². The Balaban J connectivity index is 2.12. The average molecular weight is 542 g/mol. The summed E-state index contributed by atoms with van der Waals surface area (Å²) < 4.78 is 50.6. The van der Waals surface area contributed by atoms with Crippen molar-refractivity contribution in [2.75, 3.05) is 12.4 Å². The van der Waals surface area contributed by atoms with Crippen LogP contribution in [0.5, 0.6) is 0 Å². The smallest absolute Gasteiger partial charge is 0.414 e. The molecular formula is C23H23ClF3N5O5. The zero-order chi connectivity index (χ0) is 27.9. The quantitative estimate of drug-likeness (QED) is 0.396. The monoisotopic (exact) mass is 541 g/mol. The summed E-state index contributed by atoms with van der Waals surface area (Å²) in [7, 11) is 1.29. The van der Waals surface area contributed by atoms with E-state index in [4.69, 9.17) is 16.3 Å². The maximum Gasteiger partial charge on any atom is 0.414 e. The molecule has 2 aromatic rings. The number of amides is 2. The number of benzene rings is 2. The second-order valence-electron chi connectivity index (χ2n) is 9.41. The van der Waals surface area contributed by atoms with Crippen molar-refractivity contribution < 1.29 is 32.4 Å². The lowest BCUT2D eigenvalue weighted by atomic mass is 9.86. The Kier molecular flexibility index (Phi) is 7.40. The van der Waals surface area contributed by atoms with Gasteiger partial charge < -0.3 is 10.1 Å². The first-order valence-corrected chi connectivity index (χ1v) is 11.2. The summed E-state index contributed by atoms with van der Waals surface area (Å²) in [5, 5.41) is 15.9. The molecular weight excluding hydrogens is 519 g/mol. The number of carbonyl (C=O) groups is 2. The standard InChI is InChI=1S/C23H23ClF3N5O5/c1-22(2,3)37-21(34)29-20-30-23(4,10-16(33)31(20)5)17-12(25)9-13(26)19(18(17)27)28-14-8-11(24)6-7-15(14)32(35)36/h6-9,28H,10H2,1-5H3,(H,29,30,34)/t23-/m0/s1. The fraction of sp³-hybridized carbons (Fsp3) is 0.348. The van der Waals surface area contributed by atoms with E-state index in [9.17, 15) is 24.1 Å². The first-order chi connectivity index (χ1) is 17.0. The normalized spacial score (nSPS) is 17.8. The van der Waals surface area contributed by atoms with Crippen molar-refractivity contribution in [1.29, 1.82) is 0 Å². The second kappa shape index (κ2) is 9.88. The zero-order valence-corrected chi connectivity index (χ0v) is 21.2. The number of nitrogens with zero attached hydrogens (tertiary/aromatic N) is 3. The summed E-state index contributed by atoms with van der Waals surface area (Å²) in [5.74, 6) is -5.25. The van der Waals surface area contributed by atoms with Crippen molar-refractivity contribution in [3.63, 3.8) is 0 Å². The number of carbonyl (C=O) groups excluding carboxylic acids is 2. The number of aliphatic imine (C=N–C) groups is 1. The molecule has 198 valence electrons. The predicted octanol–water partition coefficient (Wildman–Crippen LogP) is 5.37. The molecule has 10 nitrogen and oxygen atoms in total. The van der Waals surface area contributed by atoms with Gasteiger partial charge in [0.1, 0.15) is 28.3 Å². The van der Waals surface area contributed by atoms with E-state index in [2.05, 4.69) is 15.6 Å². The molecule has 0 unspecified atom stereocenters. The first kappa shape index (κ1) is 27.7. The van der Waals surface area contributed by atoms with Crippen LogP contribution in [-0.2, 0) is 15.1 Å². The number of halogens is 4. The number of nitrogens with one attached hydrogen (secondary N) is 2. The molecule has 1 atom stereocenters. The van der Waals surface area contributed by atoms with Crippen LogP contribution in [0.3, 0.4) is 0 Å². The fourth-order valence-electron chi connectivity index (χ4n) is 3.63. The molecule has 37 heavy (non-hydrogen) atoms. The molecule has 14 heteroatoms.